The summed E-state index contributed by atoms with van der Waals surface area (Å²) in [5.41, 5.74) is 12.5. The molecule has 2 heterocycles. The Labute approximate surface area is 165 Å². The predicted molar refractivity (Wildman–Crippen MR) is 106 cm³/mol. The molecule has 0 saturated heterocycles. The van der Waals surface area contributed by atoms with Crippen LogP contribution in [0.5, 0.6) is 0 Å². The van der Waals surface area contributed by atoms with Gasteiger partial charge < -0.3 is 26.7 Å². The Balaban J connectivity index is 1.98. The van der Waals surface area contributed by atoms with Gasteiger partial charge in [0.25, 0.3) is 5.91 Å². The van der Waals surface area contributed by atoms with E-state index in [1.165, 1.54) is 0 Å². The zero-order chi connectivity index (χ0) is 21.1. The van der Waals surface area contributed by atoms with Crippen LogP contribution in [0.1, 0.15) is 29.4 Å². The molecule has 2 amide bonds. The lowest BCUT2D eigenvalue weighted by Crippen LogP contribution is -2.35. The molecule has 3 rings (SSSR count). The fourth-order valence-electron chi connectivity index (χ4n) is 2.86. The second kappa shape index (κ2) is 7.81. The number of carbonyl (C=O) groups is 2. The minimum absolute atomic E-state index is 0.0230. The Morgan fingerprint density at radius 3 is 2.69 bits per heavy atom. The van der Waals surface area contributed by atoms with E-state index in [9.17, 15) is 14.9 Å². The number of amides is 2. The fourth-order valence-corrected chi connectivity index (χ4v) is 2.86. The lowest BCUT2D eigenvalue weighted by atomic mass is 10.1. The van der Waals surface area contributed by atoms with Crippen molar-refractivity contribution in [2.45, 2.75) is 19.4 Å². The van der Waals surface area contributed by atoms with E-state index in [2.05, 4.69) is 31.9 Å². The Morgan fingerprint density at radius 2 is 2.07 bits per heavy atom. The molecule has 0 spiro atoms. The third-order valence-electron chi connectivity index (χ3n) is 4.35. The molecular weight excluding hydrogens is 374 g/mol. The molecule has 148 valence electrons. The van der Waals surface area contributed by atoms with Gasteiger partial charge in [-0.2, -0.15) is 10.2 Å². The highest BCUT2D eigenvalue weighted by atomic mass is 16.1. The largest absolute Gasteiger partial charge is 0.368 e. The lowest BCUT2D eigenvalue weighted by Gasteiger charge is -2.14. The summed E-state index contributed by atoms with van der Waals surface area (Å²) in [6.45, 7) is 1.78. The summed E-state index contributed by atoms with van der Waals surface area (Å²) >= 11 is 0. The van der Waals surface area contributed by atoms with Crippen molar-refractivity contribution in [3.63, 3.8) is 0 Å². The molecular formula is C18H19N9O2. The van der Waals surface area contributed by atoms with Crippen molar-refractivity contribution < 1.29 is 9.59 Å². The van der Waals surface area contributed by atoms with Crippen LogP contribution >= 0.6 is 0 Å². The summed E-state index contributed by atoms with van der Waals surface area (Å²) in [5, 5.41) is 23.4. The number of benzene rings is 1. The quantitative estimate of drug-likeness (QED) is 0.454. The van der Waals surface area contributed by atoms with Crippen molar-refractivity contribution in [1.82, 2.24) is 19.7 Å². The van der Waals surface area contributed by atoms with E-state index >= 15 is 0 Å². The molecule has 0 radical (unpaired) electrons. The molecule has 1 aromatic carbocycles. The smallest absolute Gasteiger partial charge is 0.273 e. The van der Waals surface area contributed by atoms with Crippen LogP contribution in [0.25, 0.3) is 10.9 Å². The van der Waals surface area contributed by atoms with Crippen LogP contribution in [0.3, 0.4) is 0 Å². The van der Waals surface area contributed by atoms with Crippen LogP contribution in [0.2, 0.25) is 0 Å². The Kier molecular flexibility index (Phi) is 5.27. The highest BCUT2D eigenvalue weighted by Crippen LogP contribution is 2.26. The first-order valence-electron chi connectivity index (χ1n) is 8.70. The van der Waals surface area contributed by atoms with Gasteiger partial charge in [0.2, 0.25) is 11.9 Å². The summed E-state index contributed by atoms with van der Waals surface area (Å²) in [4.78, 5) is 27.4. The molecule has 0 bridgehead atoms. The van der Waals surface area contributed by atoms with Gasteiger partial charge in [-0.1, -0.05) is 6.92 Å². The van der Waals surface area contributed by atoms with E-state index in [0.29, 0.717) is 17.7 Å². The van der Waals surface area contributed by atoms with Crippen molar-refractivity contribution in [3.8, 4) is 6.07 Å². The predicted octanol–water partition coefficient (Wildman–Crippen LogP) is 0.753. The van der Waals surface area contributed by atoms with E-state index in [1.54, 1.807) is 31.3 Å². The van der Waals surface area contributed by atoms with Gasteiger partial charge in [-0.15, -0.1) is 10.2 Å². The van der Waals surface area contributed by atoms with Crippen molar-refractivity contribution in [3.05, 3.63) is 35.7 Å². The number of aromatic nitrogens is 4. The number of nitrogens with one attached hydrogen (secondary N) is 2. The Hall–Kier alpha value is -4.20. The molecule has 6 N–H and O–H groups in total. The summed E-state index contributed by atoms with van der Waals surface area (Å²) < 4.78 is 1.82. The van der Waals surface area contributed by atoms with Gasteiger partial charge in [0, 0.05) is 24.3 Å². The van der Waals surface area contributed by atoms with Gasteiger partial charge in [0.05, 0.1) is 11.1 Å². The molecule has 0 aliphatic heterocycles. The summed E-state index contributed by atoms with van der Waals surface area (Å²) in [6.07, 6.45) is 2.15. The highest BCUT2D eigenvalue weighted by molar-refractivity contribution is 5.97. The molecule has 0 fully saturated rings. The summed E-state index contributed by atoms with van der Waals surface area (Å²) in [5.74, 6) is -1.28. The number of hydrogen-bond acceptors (Lipinski definition) is 8. The van der Waals surface area contributed by atoms with Gasteiger partial charge in [0.1, 0.15) is 12.1 Å². The topological polar surface area (TPSA) is 178 Å². The minimum atomic E-state index is -0.812. The molecule has 11 nitrogen and oxygen atoms in total. The Morgan fingerprint density at radius 1 is 1.31 bits per heavy atom. The normalized spacial score (nSPS) is 11.6. The standard InChI is InChI=1S/C18H19N9O2/c1-3-12(15(20)28)23-18-24-17(14(16(21)29)25-26-18)22-10-4-5-11-9(7-19)8-27(2)13(11)6-10/h4-6,8,12H,3H2,1-2H3,(H2,20,28)(H2,21,29)(H2,22,23,24,26)/t12-/m1/s1. The first kappa shape index (κ1) is 19.6. The summed E-state index contributed by atoms with van der Waals surface area (Å²) in [7, 11) is 1.82. The van der Waals surface area contributed by atoms with E-state index < -0.39 is 17.9 Å². The monoisotopic (exact) mass is 393 g/mol. The number of hydrogen-bond donors (Lipinski definition) is 4. The van der Waals surface area contributed by atoms with E-state index in [1.807, 2.05) is 11.6 Å². The van der Waals surface area contributed by atoms with Gasteiger partial charge in [-0.3, -0.25) is 9.59 Å². The number of nitrogens with two attached hydrogens (primary N) is 2. The van der Waals surface area contributed by atoms with Crippen LogP contribution in [-0.2, 0) is 11.8 Å². The number of carbonyl (C=O) groups excluding carboxylic acids is 2. The minimum Gasteiger partial charge on any atom is -0.368 e. The van der Waals surface area contributed by atoms with E-state index in [4.69, 9.17) is 11.5 Å². The molecule has 0 unspecified atom stereocenters. The van der Waals surface area contributed by atoms with Crippen LogP contribution in [0, 0.1) is 11.3 Å². The van der Waals surface area contributed by atoms with Crippen LogP contribution < -0.4 is 22.1 Å². The maximum absolute atomic E-state index is 11.7. The first-order valence-corrected chi connectivity index (χ1v) is 8.70. The maximum atomic E-state index is 11.7. The maximum Gasteiger partial charge on any atom is 0.273 e. The number of anilines is 3. The zero-order valence-electron chi connectivity index (χ0n) is 15.8. The van der Waals surface area contributed by atoms with Crippen molar-refractivity contribution >= 4 is 40.2 Å². The molecule has 11 heteroatoms. The lowest BCUT2D eigenvalue weighted by molar-refractivity contribution is -0.118. The average Bonchev–Trinajstić information content (AvgIpc) is 3.01. The van der Waals surface area contributed by atoms with E-state index in [-0.39, 0.29) is 17.5 Å². The molecule has 0 saturated carbocycles. The molecule has 0 aliphatic rings. The zero-order valence-corrected chi connectivity index (χ0v) is 15.8. The number of fused-ring (bicyclic) bond motifs is 1. The first-order chi connectivity index (χ1) is 13.8. The van der Waals surface area contributed by atoms with Gasteiger partial charge >= 0.3 is 0 Å². The van der Waals surface area contributed by atoms with Crippen LogP contribution in [-0.4, -0.2) is 37.6 Å². The van der Waals surface area contributed by atoms with Crippen molar-refractivity contribution in [1.29, 1.82) is 5.26 Å². The SMILES string of the molecule is CC[C@@H](Nc1nnc(C(N)=O)c(Nc2ccc3c(C#N)cn(C)c3c2)n1)C(N)=O. The molecule has 1 atom stereocenters. The Bertz CT molecular complexity index is 1150. The summed E-state index contributed by atoms with van der Waals surface area (Å²) in [6, 6.07) is 6.78. The third-order valence-corrected chi connectivity index (χ3v) is 4.35. The number of nitrogens with zero attached hydrogens (tertiary/aromatic N) is 5. The average molecular weight is 393 g/mol. The number of nitriles is 1. The van der Waals surface area contributed by atoms with Crippen molar-refractivity contribution in [2.75, 3.05) is 10.6 Å². The number of primary amides is 2. The molecule has 29 heavy (non-hydrogen) atoms. The van der Waals surface area contributed by atoms with Gasteiger partial charge in [-0.05, 0) is 24.6 Å². The molecule has 0 aliphatic carbocycles. The highest BCUT2D eigenvalue weighted by Gasteiger charge is 2.19. The van der Waals surface area contributed by atoms with Gasteiger partial charge in [0.15, 0.2) is 11.5 Å². The van der Waals surface area contributed by atoms with E-state index in [0.717, 1.165) is 10.9 Å². The second-order valence-corrected chi connectivity index (χ2v) is 6.33. The van der Waals surface area contributed by atoms with Crippen molar-refractivity contribution in [2.24, 2.45) is 18.5 Å². The fraction of sp³-hybridized carbons (Fsp3) is 0.222. The molecule has 3 aromatic rings. The molecule has 2 aromatic heterocycles. The van der Waals surface area contributed by atoms with Gasteiger partial charge in [-0.25, -0.2) is 0 Å². The second-order valence-electron chi connectivity index (χ2n) is 6.33. The van der Waals surface area contributed by atoms with Crippen LogP contribution in [0.15, 0.2) is 24.4 Å². The number of rotatable bonds is 7. The van der Waals surface area contributed by atoms with Crippen LogP contribution in [0.4, 0.5) is 17.5 Å². The number of aryl methyl sites for hydroxylation is 1. The third kappa shape index (κ3) is 3.91.